The van der Waals surface area contributed by atoms with Gasteiger partial charge in [-0.2, -0.15) is 4.72 Å². The summed E-state index contributed by atoms with van der Waals surface area (Å²) in [5.41, 5.74) is 0. The number of amides is 1. The SMILES string of the molecule is CC(COc1ccccc1F)NC(=O)[C@@H](NS(=O)(=O)c1ccccc1F)C(C)C. The van der Waals surface area contributed by atoms with E-state index in [4.69, 9.17) is 4.74 Å². The first kappa shape index (κ1) is 22.8. The van der Waals surface area contributed by atoms with E-state index in [1.54, 1.807) is 26.8 Å². The Bertz CT molecular complexity index is 951. The summed E-state index contributed by atoms with van der Waals surface area (Å²) in [7, 11) is -4.24. The summed E-state index contributed by atoms with van der Waals surface area (Å²) < 4.78 is 60.1. The predicted molar refractivity (Wildman–Crippen MR) is 105 cm³/mol. The van der Waals surface area contributed by atoms with Crippen LogP contribution in [-0.2, 0) is 14.8 Å². The number of nitrogens with one attached hydrogen (secondary N) is 2. The average molecular weight is 426 g/mol. The minimum absolute atomic E-state index is 0.0163. The fraction of sp³-hybridized carbons (Fsp3) is 0.350. The standard InChI is InChI=1S/C20H24F2N2O4S/c1-13(2)19(24-29(26,27)18-11-7-5-9-16(18)22)20(25)23-14(3)12-28-17-10-6-4-8-15(17)21/h4-11,13-14,19,24H,12H2,1-3H3,(H,23,25)/t14?,19-/m0/s1. The molecule has 0 fully saturated rings. The van der Waals surface area contributed by atoms with Gasteiger partial charge in [0.1, 0.15) is 23.4 Å². The zero-order valence-corrected chi connectivity index (χ0v) is 17.2. The normalized spacial score (nSPS) is 13.7. The zero-order chi connectivity index (χ0) is 21.6. The van der Waals surface area contributed by atoms with Crippen molar-refractivity contribution < 1.29 is 26.7 Å². The maximum Gasteiger partial charge on any atom is 0.244 e. The second-order valence-corrected chi connectivity index (χ2v) is 8.61. The lowest BCUT2D eigenvalue weighted by atomic mass is 10.0. The van der Waals surface area contributed by atoms with E-state index in [0.29, 0.717) is 0 Å². The zero-order valence-electron chi connectivity index (χ0n) is 16.4. The molecule has 9 heteroatoms. The third-order valence-electron chi connectivity index (χ3n) is 4.07. The highest BCUT2D eigenvalue weighted by Gasteiger charge is 2.30. The van der Waals surface area contributed by atoms with E-state index in [1.807, 2.05) is 0 Å². The molecule has 0 spiro atoms. The van der Waals surface area contributed by atoms with Crippen molar-refractivity contribution in [2.45, 2.75) is 37.8 Å². The Balaban J connectivity index is 2.03. The van der Waals surface area contributed by atoms with Crippen molar-refractivity contribution in [2.24, 2.45) is 5.92 Å². The van der Waals surface area contributed by atoms with Crippen LogP contribution in [-0.4, -0.2) is 33.0 Å². The molecular formula is C20H24F2N2O4S. The molecule has 0 saturated carbocycles. The highest BCUT2D eigenvalue weighted by molar-refractivity contribution is 7.89. The quantitative estimate of drug-likeness (QED) is 0.646. The van der Waals surface area contributed by atoms with Gasteiger partial charge in [-0.25, -0.2) is 17.2 Å². The smallest absolute Gasteiger partial charge is 0.244 e. The molecule has 0 bridgehead atoms. The first-order chi connectivity index (χ1) is 13.6. The summed E-state index contributed by atoms with van der Waals surface area (Å²) in [6.07, 6.45) is 0. The summed E-state index contributed by atoms with van der Waals surface area (Å²) in [5.74, 6) is -2.38. The molecule has 0 radical (unpaired) electrons. The van der Waals surface area contributed by atoms with Crippen molar-refractivity contribution in [3.63, 3.8) is 0 Å². The summed E-state index contributed by atoms with van der Waals surface area (Å²) >= 11 is 0. The number of halogens is 2. The Kier molecular flexibility index (Phi) is 7.69. The van der Waals surface area contributed by atoms with Crippen LogP contribution in [0.2, 0.25) is 0 Å². The number of para-hydroxylation sites is 1. The third kappa shape index (κ3) is 6.23. The molecule has 1 amide bonds. The van der Waals surface area contributed by atoms with Gasteiger partial charge >= 0.3 is 0 Å². The molecule has 0 saturated heterocycles. The second kappa shape index (κ2) is 9.80. The van der Waals surface area contributed by atoms with Gasteiger partial charge in [0.2, 0.25) is 15.9 Å². The van der Waals surface area contributed by atoms with Crippen LogP contribution in [0.3, 0.4) is 0 Å². The summed E-state index contributed by atoms with van der Waals surface area (Å²) in [6.45, 7) is 4.95. The monoisotopic (exact) mass is 426 g/mol. The highest BCUT2D eigenvalue weighted by Crippen LogP contribution is 2.17. The fourth-order valence-electron chi connectivity index (χ4n) is 2.54. The van der Waals surface area contributed by atoms with Crippen LogP contribution in [0.5, 0.6) is 5.75 Å². The van der Waals surface area contributed by atoms with Crippen molar-refractivity contribution in [3.05, 3.63) is 60.2 Å². The molecule has 158 valence electrons. The molecule has 2 N–H and O–H groups in total. The Morgan fingerprint density at radius 3 is 2.17 bits per heavy atom. The van der Waals surface area contributed by atoms with Gasteiger partial charge < -0.3 is 10.1 Å². The van der Waals surface area contributed by atoms with Crippen LogP contribution in [0.25, 0.3) is 0 Å². The maximum atomic E-state index is 13.9. The van der Waals surface area contributed by atoms with Crippen molar-refractivity contribution in [1.29, 1.82) is 0 Å². The average Bonchev–Trinajstić information content (AvgIpc) is 2.65. The van der Waals surface area contributed by atoms with Crippen LogP contribution in [0.4, 0.5) is 8.78 Å². The molecule has 2 rings (SSSR count). The Labute approximate surface area is 169 Å². The van der Waals surface area contributed by atoms with E-state index in [1.165, 1.54) is 30.3 Å². The number of benzene rings is 2. The van der Waals surface area contributed by atoms with E-state index in [0.717, 1.165) is 12.1 Å². The first-order valence-electron chi connectivity index (χ1n) is 9.06. The van der Waals surface area contributed by atoms with E-state index in [9.17, 15) is 22.0 Å². The highest BCUT2D eigenvalue weighted by atomic mass is 32.2. The number of hydrogen-bond acceptors (Lipinski definition) is 4. The maximum absolute atomic E-state index is 13.9. The summed E-state index contributed by atoms with van der Waals surface area (Å²) in [6, 6.07) is 9.13. The number of ether oxygens (including phenoxy) is 1. The Morgan fingerprint density at radius 2 is 1.59 bits per heavy atom. The molecule has 29 heavy (non-hydrogen) atoms. The van der Waals surface area contributed by atoms with Crippen molar-refractivity contribution >= 4 is 15.9 Å². The minimum atomic E-state index is -4.24. The van der Waals surface area contributed by atoms with E-state index in [-0.39, 0.29) is 12.4 Å². The van der Waals surface area contributed by atoms with Crippen molar-refractivity contribution in [2.75, 3.05) is 6.61 Å². The van der Waals surface area contributed by atoms with Gasteiger partial charge in [-0.15, -0.1) is 0 Å². The molecule has 6 nitrogen and oxygen atoms in total. The second-order valence-electron chi connectivity index (χ2n) is 6.92. The summed E-state index contributed by atoms with van der Waals surface area (Å²) in [5, 5.41) is 2.63. The van der Waals surface area contributed by atoms with Crippen molar-refractivity contribution in [1.82, 2.24) is 10.0 Å². The topological polar surface area (TPSA) is 84.5 Å². The molecule has 0 aliphatic rings. The first-order valence-corrected chi connectivity index (χ1v) is 10.5. The molecule has 1 unspecified atom stereocenters. The predicted octanol–water partition coefficient (Wildman–Crippen LogP) is 2.85. The van der Waals surface area contributed by atoms with Crippen LogP contribution >= 0.6 is 0 Å². The number of rotatable bonds is 9. The van der Waals surface area contributed by atoms with Gasteiger partial charge in [-0.05, 0) is 37.1 Å². The lowest BCUT2D eigenvalue weighted by Crippen LogP contribution is -2.52. The molecule has 0 heterocycles. The van der Waals surface area contributed by atoms with E-state index < -0.39 is 50.5 Å². The largest absolute Gasteiger partial charge is 0.488 e. The van der Waals surface area contributed by atoms with Crippen LogP contribution in [0, 0.1) is 17.6 Å². The van der Waals surface area contributed by atoms with Gasteiger partial charge in [-0.1, -0.05) is 38.1 Å². The van der Waals surface area contributed by atoms with E-state index in [2.05, 4.69) is 10.0 Å². The van der Waals surface area contributed by atoms with Gasteiger partial charge in [0.15, 0.2) is 11.6 Å². The fourth-order valence-corrected chi connectivity index (χ4v) is 3.96. The number of carbonyl (C=O) groups excluding carboxylic acids is 1. The van der Waals surface area contributed by atoms with Gasteiger partial charge in [-0.3, -0.25) is 4.79 Å². The number of carbonyl (C=O) groups is 1. The van der Waals surface area contributed by atoms with Crippen LogP contribution in [0.1, 0.15) is 20.8 Å². The Morgan fingerprint density at radius 1 is 1.00 bits per heavy atom. The molecule has 0 aliphatic carbocycles. The molecule has 2 aromatic carbocycles. The molecular weight excluding hydrogens is 402 g/mol. The van der Waals surface area contributed by atoms with Crippen LogP contribution in [0.15, 0.2) is 53.4 Å². The molecule has 0 aromatic heterocycles. The minimum Gasteiger partial charge on any atom is -0.488 e. The lowest BCUT2D eigenvalue weighted by molar-refractivity contribution is -0.124. The van der Waals surface area contributed by atoms with Gasteiger partial charge in [0.05, 0.1) is 6.04 Å². The van der Waals surface area contributed by atoms with Gasteiger partial charge in [0, 0.05) is 0 Å². The third-order valence-corrected chi connectivity index (χ3v) is 5.55. The van der Waals surface area contributed by atoms with Gasteiger partial charge in [0.25, 0.3) is 0 Å². The molecule has 2 aromatic rings. The molecule has 2 atom stereocenters. The number of hydrogen-bond donors (Lipinski definition) is 2. The van der Waals surface area contributed by atoms with Crippen LogP contribution < -0.4 is 14.8 Å². The van der Waals surface area contributed by atoms with E-state index >= 15 is 0 Å². The number of sulfonamides is 1. The molecule has 0 aliphatic heterocycles. The Hall–Kier alpha value is -2.52. The van der Waals surface area contributed by atoms with Crippen molar-refractivity contribution in [3.8, 4) is 5.75 Å². The lowest BCUT2D eigenvalue weighted by Gasteiger charge is -2.24. The summed E-state index contributed by atoms with van der Waals surface area (Å²) in [4.78, 5) is 12.1.